The molecule has 0 N–H and O–H groups in total. The molecule has 11 heavy (non-hydrogen) atoms. The van der Waals surface area contributed by atoms with Crippen LogP contribution in [0.25, 0.3) is 0 Å². The molecule has 1 nitrogen and oxygen atoms in total. The zero-order chi connectivity index (χ0) is 8.48. The summed E-state index contributed by atoms with van der Waals surface area (Å²) in [6, 6.07) is 4.15. The van der Waals surface area contributed by atoms with Crippen LogP contribution in [-0.4, -0.2) is 13.1 Å². The molecule has 0 radical (unpaired) electrons. The second-order valence-corrected chi connectivity index (χ2v) is 9.38. The second kappa shape index (κ2) is 3.07. The minimum absolute atomic E-state index is 1.01. The molecule has 0 amide bonds. The maximum atomic E-state index is 4.20. The van der Waals surface area contributed by atoms with Crippen molar-refractivity contribution in [1.29, 1.82) is 0 Å². The number of pyridine rings is 1. The molecule has 0 aliphatic carbocycles. The van der Waals surface area contributed by atoms with Crippen molar-refractivity contribution in [2.45, 2.75) is 19.6 Å². The number of nitrogens with zero attached hydrogens (tertiary/aromatic N) is 1. The van der Waals surface area contributed by atoms with Crippen molar-refractivity contribution in [3.63, 3.8) is 0 Å². The third kappa shape index (κ3) is 2.14. The first-order valence-electron chi connectivity index (χ1n) is 3.63. The molecule has 0 aliphatic rings. The smallest absolute Gasteiger partial charge is 0.105 e. The summed E-state index contributed by atoms with van der Waals surface area (Å²) in [7, 11) is -1.19. The molecule has 0 saturated heterocycles. The summed E-state index contributed by atoms with van der Waals surface area (Å²) in [6.45, 7) is 6.94. The van der Waals surface area contributed by atoms with E-state index in [1.54, 1.807) is 0 Å². The molecule has 0 spiro atoms. The highest BCUT2D eigenvalue weighted by Gasteiger charge is 2.18. The highest BCUT2D eigenvalue weighted by Crippen LogP contribution is 2.09. The third-order valence-electron chi connectivity index (χ3n) is 1.57. The molecule has 0 fully saturated rings. The van der Waals surface area contributed by atoms with Crippen molar-refractivity contribution >= 4 is 29.2 Å². The molecular formula is C8H12BrNSi. The SMILES string of the molecule is C[Si](C)(C)c1cccnc1Br. The highest BCUT2D eigenvalue weighted by molar-refractivity contribution is 9.10. The van der Waals surface area contributed by atoms with Crippen LogP contribution in [0.5, 0.6) is 0 Å². The van der Waals surface area contributed by atoms with Gasteiger partial charge in [0, 0.05) is 6.20 Å². The Kier molecular flexibility index (Phi) is 2.49. The standard InChI is InChI=1S/C8H12BrNSi/c1-11(2,3)7-5-4-6-10-8(7)9/h4-6H,1-3H3. The van der Waals surface area contributed by atoms with E-state index >= 15 is 0 Å². The van der Waals surface area contributed by atoms with Crippen LogP contribution in [-0.2, 0) is 0 Å². The average Bonchev–Trinajstić information content (AvgIpc) is 1.86. The lowest BCUT2D eigenvalue weighted by Gasteiger charge is -2.16. The molecular weight excluding hydrogens is 218 g/mol. The number of rotatable bonds is 1. The van der Waals surface area contributed by atoms with Crippen LogP contribution in [0.1, 0.15) is 0 Å². The monoisotopic (exact) mass is 229 g/mol. The van der Waals surface area contributed by atoms with Gasteiger partial charge >= 0.3 is 0 Å². The number of aromatic nitrogens is 1. The predicted molar refractivity (Wildman–Crippen MR) is 54.9 cm³/mol. The molecule has 1 rings (SSSR count). The number of halogens is 1. The molecule has 0 aromatic carbocycles. The average molecular weight is 230 g/mol. The van der Waals surface area contributed by atoms with Gasteiger partial charge in [-0.1, -0.05) is 25.7 Å². The van der Waals surface area contributed by atoms with Crippen molar-refractivity contribution in [3.8, 4) is 0 Å². The molecule has 0 atom stereocenters. The molecule has 0 bridgehead atoms. The zero-order valence-corrected chi connectivity index (χ0v) is 9.64. The molecule has 1 heterocycles. The van der Waals surface area contributed by atoms with Crippen molar-refractivity contribution in [3.05, 3.63) is 22.9 Å². The van der Waals surface area contributed by atoms with Crippen LogP contribution in [0.15, 0.2) is 22.9 Å². The Labute approximate surface area is 77.0 Å². The summed E-state index contributed by atoms with van der Waals surface area (Å²) in [4.78, 5) is 4.20. The van der Waals surface area contributed by atoms with E-state index in [1.165, 1.54) is 5.19 Å². The summed E-state index contributed by atoms with van der Waals surface area (Å²) in [5.41, 5.74) is 0. The quantitative estimate of drug-likeness (QED) is 0.533. The third-order valence-corrected chi connectivity index (χ3v) is 4.58. The van der Waals surface area contributed by atoms with Crippen LogP contribution >= 0.6 is 15.9 Å². The Balaban J connectivity index is 3.14. The first kappa shape index (κ1) is 8.94. The van der Waals surface area contributed by atoms with E-state index in [0.29, 0.717) is 0 Å². The molecule has 0 aliphatic heterocycles. The van der Waals surface area contributed by atoms with Gasteiger partial charge in [-0.25, -0.2) is 4.98 Å². The maximum Gasteiger partial charge on any atom is 0.105 e. The van der Waals surface area contributed by atoms with Gasteiger partial charge in [-0.05, 0) is 27.2 Å². The van der Waals surface area contributed by atoms with Crippen LogP contribution in [0.2, 0.25) is 19.6 Å². The van der Waals surface area contributed by atoms with Crippen LogP contribution < -0.4 is 5.19 Å². The Hall–Kier alpha value is -0.153. The Morgan fingerprint density at radius 3 is 2.36 bits per heavy atom. The Bertz CT molecular complexity index is 255. The normalized spacial score (nSPS) is 11.6. The summed E-state index contributed by atoms with van der Waals surface area (Å²) < 4.78 is 1.01. The maximum absolute atomic E-state index is 4.20. The minimum Gasteiger partial charge on any atom is -0.250 e. The van der Waals surface area contributed by atoms with E-state index in [0.717, 1.165) is 4.60 Å². The van der Waals surface area contributed by atoms with Gasteiger partial charge in [0.25, 0.3) is 0 Å². The van der Waals surface area contributed by atoms with E-state index in [-0.39, 0.29) is 0 Å². The fraction of sp³-hybridized carbons (Fsp3) is 0.375. The summed E-state index contributed by atoms with van der Waals surface area (Å²) in [6.07, 6.45) is 1.81. The molecule has 1 aromatic rings. The van der Waals surface area contributed by atoms with Crippen LogP contribution in [0.3, 0.4) is 0 Å². The Morgan fingerprint density at radius 1 is 1.36 bits per heavy atom. The van der Waals surface area contributed by atoms with E-state index in [4.69, 9.17) is 0 Å². The first-order chi connectivity index (χ1) is 5.02. The predicted octanol–water partition coefficient (Wildman–Crippen LogP) is 2.39. The van der Waals surface area contributed by atoms with Crippen molar-refractivity contribution in [1.82, 2.24) is 4.98 Å². The van der Waals surface area contributed by atoms with Gasteiger partial charge in [0.1, 0.15) is 4.60 Å². The molecule has 1 aromatic heterocycles. The zero-order valence-electron chi connectivity index (χ0n) is 7.06. The van der Waals surface area contributed by atoms with Gasteiger partial charge in [-0.3, -0.25) is 0 Å². The van der Waals surface area contributed by atoms with Crippen LogP contribution in [0, 0.1) is 0 Å². The lowest BCUT2D eigenvalue weighted by atomic mass is 10.5. The lowest BCUT2D eigenvalue weighted by Crippen LogP contribution is -2.38. The van der Waals surface area contributed by atoms with E-state index in [1.807, 2.05) is 12.3 Å². The van der Waals surface area contributed by atoms with Gasteiger partial charge in [0.2, 0.25) is 0 Å². The van der Waals surface area contributed by atoms with Gasteiger partial charge in [0.05, 0.1) is 8.07 Å². The molecule has 0 saturated carbocycles. The fourth-order valence-corrected chi connectivity index (χ4v) is 4.26. The van der Waals surface area contributed by atoms with Gasteiger partial charge in [-0.15, -0.1) is 0 Å². The van der Waals surface area contributed by atoms with Crippen molar-refractivity contribution < 1.29 is 0 Å². The minimum atomic E-state index is -1.19. The topological polar surface area (TPSA) is 12.9 Å². The summed E-state index contributed by atoms with van der Waals surface area (Å²) >= 11 is 3.46. The Morgan fingerprint density at radius 2 is 2.00 bits per heavy atom. The summed E-state index contributed by atoms with van der Waals surface area (Å²) in [5, 5.41) is 1.39. The molecule has 0 unspecified atom stereocenters. The molecule has 3 heteroatoms. The summed E-state index contributed by atoms with van der Waals surface area (Å²) in [5.74, 6) is 0. The fourth-order valence-electron chi connectivity index (χ4n) is 0.945. The lowest BCUT2D eigenvalue weighted by molar-refractivity contribution is 1.29. The van der Waals surface area contributed by atoms with Gasteiger partial charge in [0.15, 0.2) is 0 Å². The number of hydrogen-bond donors (Lipinski definition) is 0. The van der Waals surface area contributed by atoms with E-state index in [9.17, 15) is 0 Å². The van der Waals surface area contributed by atoms with Crippen molar-refractivity contribution in [2.75, 3.05) is 0 Å². The van der Waals surface area contributed by atoms with Crippen LogP contribution in [0.4, 0.5) is 0 Å². The number of hydrogen-bond acceptors (Lipinski definition) is 1. The molecule has 60 valence electrons. The largest absolute Gasteiger partial charge is 0.250 e. The van der Waals surface area contributed by atoms with Gasteiger partial charge in [-0.2, -0.15) is 0 Å². The highest BCUT2D eigenvalue weighted by atomic mass is 79.9. The van der Waals surface area contributed by atoms with E-state index in [2.05, 4.69) is 46.6 Å². The van der Waals surface area contributed by atoms with E-state index < -0.39 is 8.07 Å². The first-order valence-corrected chi connectivity index (χ1v) is 7.92. The second-order valence-electron chi connectivity index (χ2n) is 3.59. The van der Waals surface area contributed by atoms with Gasteiger partial charge < -0.3 is 0 Å². The van der Waals surface area contributed by atoms with Crippen molar-refractivity contribution in [2.24, 2.45) is 0 Å².